The summed E-state index contributed by atoms with van der Waals surface area (Å²) >= 11 is 11.8. The SMILES string of the molecule is C[C@@H]1CN(C[C@@H](O)COCc2ccc(Cl)cc2)CCN1C[C@@H](O)COCc1ccc(Cl)cc1. The molecule has 0 saturated carbocycles. The molecule has 1 aliphatic rings. The van der Waals surface area contributed by atoms with E-state index < -0.39 is 12.2 Å². The Morgan fingerprint density at radius 3 is 1.79 bits per heavy atom. The first-order chi connectivity index (χ1) is 15.9. The largest absolute Gasteiger partial charge is 0.389 e. The highest BCUT2D eigenvalue weighted by Crippen LogP contribution is 2.14. The third kappa shape index (κ3) is 9.51. The highest BCUT2D eigenvalue weighted by atomic mass is 35.5. The fraction of sp³-hybridized carbons (Fsp3) is 0.520. The Balaban J connectivity index is 1.29. The van der Waals surface area contributed by atoms with Crippen molar-refractivity contribution in [3.8, 4) is 0 Å². The molecule has 6 nitrogen and oxygen atoms in total. The van der Waals surface area contributed by atoms with Gasteiger partial charge in [-0.1, -0.05) is 47.5 Å². The van der Waals surface area contributed by atoms with E-state index in [2.05, 4.69) is 16.7 Å². The first-order valence-electron chi connectivity index (χ1n) is 11.4. The number of aliphatic hydroxyl groups is 2. The Morgan fingerprint density at radius 2 is 1.30 bits per heavy atom. The van der Waals surface area contributed by atoms with Crippen LogP contribution in [-0.4, -0.2) is 84.2 Å². The van der Waals surface area contributed by atoms with Gasteiger partial charge in [0.2, 0.25) is 0 Å². The number of hydrogen-bond donors (Lipinski definition) is 2. The summed E-state index contributed by atoms with van der Waals surface area (Å²) in [5.41, 5.74) is 2.06. The van der Waals surface area contributed by atoms with Crippen molar-refractivity contribution in [1.29, 1.82) is 0 Å². The van der Waals surface area contributed by atoms with Crippen LogP contribution in [0.2, 0.25) is 10.0 Å². The van der Waals surface area contributed by atoms with Crippen LogP contribution in [0.1, 0.15) is 18.1 Å². The molecule has 33 heavy (non-hydrogen) atoms. The number of nitrogens with zero attached hydrogens (tertiary/aromatic N) is 2. The van der Waals surface area contributed by atoms with Crippen LogP contribution in [0, 0.1) is 0 Å². The number of halogens is 2. The zero-order chi connectivity index (χ0) is 23.6. The molecule has 1 aliphatic heterocycles. The van der Waals surface area contributed by atoms with Crippen LogP contribution in [-0.2, 0) is 22.7 Å². The zero-order valence-electron chi connectivity index (χ0n) is 19.1. The maximum absolute atomic E-state index is 10.4. The Morgan fingerprint density at radius 1 is 0.818 bits per heavy atom. The summed E-state index contributed by atoms with van der Waals surface area (Å²) in [6, 6.07) is 15.3. The van der Waals surface area contributed by atoms with E-state index in [0.29, 0.717) is 49.6 Å². The molecule has 0 bridgehead atoms. The van der Waals surface area contributed by atoms with E-state index in [9.17, 15) is 10.2 Å². The molecule has 1 saturated heterocycles. The topological polar surface area (TPSA) is 65.4 Å². The molecule has 2 N–H and O–H groups in total. The number of ether oxygens (including phenoxy) is 2. The van der Waals surface area contributed by atoms with E-state index in [1.54, 1.807) is 0 Å². The van der Waals surface area contributed by atoms with Gasteiger partial charge >= 0.3 is 0 Å². The second kappa shape index (κ2) is 13.6. The molecule has 0 radical (unpaired) electrons. The summed E-state index contributed by atoms with van der Waals surface area (Å²) < 4.78 is 11.3. The van der Waals surface area contributed by atoms with Crippen molar-refractivity contribution < 1.29 is 19.7 Å². The van der Waals surface area contributed by atoms with Crippen molar-refractivity contribution >= 4 is 23.2 Å². The summed E-state index contributed by atoms with van der Waals surface area (Å²) in [5.74, 6) is 0. The van der Waals surface area contributed by atoms with Gasteiger partial charge in [-0.3, -0.25) is 9.80 Å². The predicted octanol–water partition coefficient (Wildman–Crippen LogP) is 3.45. The summed E-state index contributed by atoms with van der Waals surface area (Å²) in [4.78, 5) is 4.52. The highest BCUT2D eigenvalue weighted by molar-refractivity contribution is 6.30. The molecule has 8 heteroatoms. The molecule has 3 atom stereocenters. The van der Waals surface area contributed by atoms with Gasteiger partial charge in [0.25, 0.3) is 0 Å². The molecular weight excluding hydrogens is 463 g/mol. The average molecular weight is 497 g/mol. The number of piperazine rings is 1. The Kier molecular flexibility index (Phi) is 10.9. The standard InChI is InChI=1S/C25H34Cl2N2O4/c1-19-12-28(13-24(30)17-32-15-20-2-6-22(26)7-3-20)10-11-29(19)14-25(31)18-33-16-21-4-8-23(27)9-5-21/h2-9,19,24-25,30-31H,10-18H2,1H3/t19-,24-,25-/m1/s1. The minimum Gasteiger partial charge on any atom is -0.389 e. The van der Waals surface area contributed by atoms with E-state index in [1.807, 2.05) is 48.5 Å². The number of β-amino-alcohol motifs (C(OH)–C–C–N with tert-alkyl or cyclic N) is 2. The fourth-order valence-corrected chi connectivity index (χ4v) is 4.22. The summed E-state index contributed by atoms with van der Waals surface area (Å²) in [7, 11) is 0. The van der Waals surface area contributed by atoms with Gasteiger partial charge < -0.3 is 19.7 Å². The molecule has 0 aromatic heterocycles. The van der Waals surface area contributed by atoms with E-state index >= 15 is 0 Å². The minimum absolute atomic E-state index is 0.284. The van der Waals surface area contributed by atoms with Gasteiger partial charge in [-0.2, -0.15) is 0 Å². The van der Waals surface area contributed by atoms with Gasteiger partial charge in [0.1, 0.15) is 0 Å². The molecule has 2 aromatic carbocycles. The second-order valence-electron chi connectivity index (χ2n) is 8.69. The molecule has 1 fully saturated rings. The van der Waals surface area contributed by atoms with E-state index in [0.717, 1.165) is 30.8 Å². The third-order valence-electron chi connectivity index (χ3n) is 5.75. The van der Waals surface area contributed by atoms with Gasteiger partial charge in [0.05, 0.1) is 38.6 Å². The summed E-state index contributed by atoms with van der Waals surface area (Å²) in [6.07, 6.45) is -1.08. The van der Waals surface area contributed by atoms with E-state index in [-0.39, 0.29) is 6.04 Å². The van der Waals surface area contributed by atoms with Crippen LogP contribution in [0.4, 0.5) is 0 Å². The lowest BCUT2D eigenvalue weighted by molar-refractivity contribution is -0.0264. The van der Waals surface area contributed by atoms with Gasteiger partial charge in [-0.05, 0) is 42.3 Å². The third-order valence-corrected chi connectivity index (χ3v) is 6.25. The summed E-state index contributed by atoms with van der Waals surface area (Å²) in [5, 5.41) is 22.2. The molecule has 0 aliphatic carbocycles. The predicted molar refractivity (Wildman–Crippen MR) is 132 cm³/mol. The number of aliphatic hydroxyl groups excluding tert-OH is 2. The van der Waals surface area contributed by atoms with Crippen LogP contribution in [0.25, 0.3) is 0 Å². The maximum Gasteiger partial charge on any atom is 0.0900 e. The van der Waals surface area contributed by atoms with E-state index in [1.165, 1.54) is 0 Å². The number of hydrogen-bond acceptors (Lipinski definition) is 6. The van der Waals surface area contributed by atoms with Gasteiger partial charge in [-0.15, -0.1) is 0 Å². The molecule has 0 spiro atoms. The van der Waals surface area contributed by atoms with Crippen molar-refractivity contribution in [1.82, 2.24) is 9.80 Å². The minimum atomic E-state index is -0.543. The van der Waals surface area contributed by atoms with Crippen molar-refractivity contribution in [2.24, 2.45) is 0 Å². The molecular formula is C25H34Cl2N2O4. The van der Waals surface area contributed by atoms with Crippen molar-refractivity contribution in [3.05, 3.63) is 69.7 Å². The van der Waals surface area contributed by atoms with Crippen molar-refractivity contribution in [2.45, 2.75) is 38.4 Å². The molecule has 0 unspecified atom stereocenters. The fourth-order valence-electron chi connectivity index (χ4n) is 3.97. The van der Waals surface area contributed by atoms with Crippen molar-refractivity contribution in [3.63, 3.8) is 0 Å². The lowest BCUT2D eigenvalue weighted by atomic mass is 10.1. The molecule has 182 valence electrons. The number of rotatable bonds is 12. The van der Waals surface area contributed by atoms with Crippen LogP contribution in [0.3, 0.4) is 0 Å². The first kappa shape index (κ1) is 26.4. The molecule has 0 amide bonds. The quantitative estimate of drug-likeness (QED) is 0.469. The van der Waals surface area contributed by atoms with Crippen LogP contribution in [0.15, 0.2) is 48.5 Å². The number of benzene rings is 2. The lowest BCUT2D eigenvalue weighted by Crippen LogP contribution is -2.55. The van der Waals surface area contributed by atoms with Crippen LogP contribution in [0.5, 0.6) is 0 Å². The smallest absolute Gasteiger partial charge is 0.0900 e. The average Bonchev–Trinajstić information content (AvgIpc) is 2.78. The lowest BCUT2D eigenvalue weighted by Gasteiger charge is -2.41. The maximum atomic E-state index is 10.4. The van der Waals surface area contributed by atoms with Gasteiger partial charge in [0.15, 0.2) is 0 Å². The second-order valence-corrected chi connectivity index (χ2v) is 9.57. The molecule has 2 aromatic rings. The first-order valence-corrected chi connectivity index (χ1v) is 12.1. The van der Waals surface area contributed by atoms with Crippen LogP contribution < -0.4 is 0 Å². The van der Waals surface area contributed by atoms with Crippen LogP contribution >= 0.6 is 23.2 Å². The molecule has 3 rings (SSSR count). The Hall–Kier alpha value is -1.22. The summed E-state index contributed by atoms with van der Waals surface area (Å²) in [6.45, 7) is 7.31. The van der Waals surface area contributed by atoms with Crippen molar-refractivity contribution in [2.75, 3.05) is 45.9 Å². The Bertz CT molecular complexity index is 822. The van der Waals surface area contributed by atoms with Gasteiger partial charge in [-0.25, -0.2) is 0 Å². The normalized spacial score (nSPS) is 19.5. The monoisotopic (exact) mass is 496 g/mol. The Labute approximate surface area is 206 Å². The molecule has 1 heterocycles. The van der Waals surface area contributed by atoms with Gasteiger partial charge in [0, 0.05) is 48.8 Å². The zero-order valence-corrected chi connectivity index (χ0v) is 20.6. The highest BCUT2D eigenvalue weighted by Gasteiger charge is 2.26. The van der Waals surface area contributed by atoms with E-state index in [4.69, 9.17) is 32.7 Å².